The molecule has 1 aromatic heterocycles. The number of halogens is 2. The summed E-state index contributed by atoms with van der Waals surface area (Å²) >= 11 is 12.2. The van der Waals surface area contributed by atoms with Crippen molar-refractivity contribution < 1.29 is 14.6 Å². The van der Waals surface area contributed by atoms with E-state index in [4.69, 9.17) is 27.9 Å². The highest BCUT2D eigenvalue weighted by molar-refractivity contribution is 6.32. The van der Waals surface area contributed by atoms with Crippen LogP contribution in [0.5, 0.6) is 5.75 Å². The number of aromatic nitrogens is 1. The summed E-state index contributed by atoms with van der Waals surface area (Å²) in [7, 11) is 1.55. The standard InChI is InChI=1S/C17H13Cl2NO3/c1-23-15-7-10(18)3-5-12(15)16-13-6-9(17(21)22)2-4-11(13)14(19)8-20-16/h2-5,7-9H,6H2,1H3,(H,21,22). The molecule has 0 amide bonds. The number of methoxy groups -OCH3 is 1. The van der Waals surface area contributed by atoms with Crippen LogP contribution in [0.15, 0.2) is 30.5 Å². The van der Waals surface area contributed by atoms with Gasteiger partial charge in [-0.1, -0.05) is 35.4 Å². The summed E-state index contributed by atoms with van der Waals surface area (Å²) in [5.74, 6) is -0.892. The molecule has 1 unspecified atom stereocenters. The molecular formula is C17H13Cl2NO3. The molecule has 0 radical (unpaired) electrons. The number of benzene rings is 1. The highest BCUT2D eigenvalue weighted by Crippen LogP contribution is 2.39. The molecule has 0 bridgehead atoms. The largest absolute Gasteiger partial charge is 0.496 e. The SMILES string of the molecule is COc1cc(Cl)ccc1-c1ncc(Cl)c2c1CC(C(=O)O)C=C2. The first-order valence-electron chi connectivity index (χ1n) is 6.93. The molecule has 0 spiro atoms. The third kappa shape index (κ3) is 2.92. The van der Waals surface area contributed by atoms with Crippen molar-refractivity contribution >= 4 is 35.2 Å². The Balaban J connectivity index is 2.20. The summed E-state index contributed by atoms with van der Waals surface area (Å²) in [6, 6.07) is 5.26. The second-order valence-electron chi connectivity index (χ2n) is 5.20. The van der Waals surface area contributed by atoms with Gasteiger partial charge in [0.1, 0.15) is 5.75 Å². The molecule has 3 rings (SSSR count). The van der Waals surface area contributed by atoms with Crippen LogP contribution in [-0.4, -0.2) is 23.2 Å². The van der Waals surface area contributed by atoms with Gasteiger partial charge in [0.15, 0.2) is 0 Å². The van der Waals surface area contributed by atoms with E-state index < -0.39 is 11.9 Å². The van der Waals surface area contributed by atoms with Crippen LogP contribution in [0, 0.1) is 5.92 Å². The summed E-state index contributed by atoms with van der Waals surface area (Å²) in [6.45, 7) is 0. The fraction of sp³-hybridized carbons (Fsp3) is 0.176. The lowest BCUT2D eigenvalue weighted by molar-refractivity contribution is -0.140. The van der Waals surface area contributed by atoms with Gasteiger partial charge in [-0.3, -0.25) is 9.78 Å². The zero-order valence-corrected chi connectivity index (χ0v) is 13.7. The number of pyridine rings is 1. The maximum atomic E-state index is 11.3. The third-order valence-electron chi connectivity index (χ3n) is 3.83. The van der Waals surface area contributed by atoms with Crippen molar-refractivity contribution in [3.63, 3.8) is 0 Å². The van der Waals surface area contributed by atoms with Crippen molar-refractivity contribution in [3.05, 3.63) is 51.6 Å². The molecule has 6 heteroatoms. The number of hydrogen-bond acceptors (Lipinski definition) is 3. The number of carbonyl (C=O) groups is 1. The lowest BCUT2D eigenvalue weighted by Gasteiger charge is -2.21. The second-order valence-corrected chi connectivity index (χ2v) is 6.04. The number of aliphatic carboxylic acids is 1. The molecule has 1 aromatic carbocycles. The summed E-state index contributed by atoms with van der Waals surface area (Å²) in [6.07, 6.45) is 5.29. The van der Waals surface area contributed by atoms with Crippen LogP contribution in [-0.2, 0) is 11.2 Å². The minimum Gasteiger partial charge on any atom is -0.496 e. The van der Waals surface area contributed by atoms with Gasteiger partial charge in [-0.2, -0.15) is 0 Å². The number of carboxylic acid groups (broad SMARTS) is 1. The van der Waals surface area contributed by atoms with E-state index in [1.54, 1.807) is 37.6 Å². The Morgan fingerprint density at radius 3 is 2.87 bits per heavy atom. The quantitative estimate of drug-likeness (QED) is 0.895. The van der Waals surface area contributed by atoms with Crippen LogP contribution in [0.4, 0.5) is 0 Å². The monoisotopic (exact) mass is 349 g/mol. The Kier molecular flexibility index (Phi) is 4.28. The molecule has 2 aromatic rings. The smallest absolute Gasteiger partial charge is 0.310 e. The van der Waals surface area contributed by atoms with Crippen molar-refractivity contribution in [2.24, 2.45) is 5.92 Å². The highest BCUT2D eigenvalue weighted by Gasteiger charge is 2.25. The Labute approximate surface area is 143 Å². The van der Waals surface area contributed by atoms with Crippen molar-refractivity contribution in [2.75, 3.05) is 7.11 Å². The van der Waals surface area contributed by atoms with Crippen molar-refractivity contribution in [2.45, 2.75) is 6.42 Å². The normalized spacial score (nSPS) is 16.0. The van der Waals surface area contributed by atoms with Gasteiger partial charge in [-0.15, -0.1) is 0 Å². The second kappa shape index (κ2) is 6.22. The van der Waals surface area contributed by atoms with Gasteiger partial charge in [0, 0.05) is 16.8 Å². The molecule has 0 fully saturated rings. The van der Waals surface area contributed by atoms with Crippen LogP contribution in [0.25, 0.3) is 17.3 Å². The van der Waals surface area contributed by atoms with Gasteiger partial charge >= 0.3 is 5.97 Å². The third-order valence-corrected chi connectivity index (χ3v) is 4.37. The molecule has 1 atom stereocenters. The van der Waals surface area contributed by atoms with Crippen LogP contribution in [0.2, 0.25) is 10.0 Å². The molecular weight excluding hydrogens is 337 g/mol. The average molecular weight is 350 g/mol. The van der Waals surface area contributed by atoms with Crippen LogP contribution >= 0.6 is 23.2 Å². The first-order valence-corrected chi connectivity index (χ1v) is 7.69. The van der Waals surface area contributed by atoms with Gasteiger partial charge in [-0.25, -0.2) is 0 Å². The van der Waals surface area contributed by atoms with Gasteiger partial charge in [0.2, 0.25) is 0 Å². The maximum Gasteiger partial charge on any atom is 0.310 e. The molecule has 1 aliphatic rings. The average Bonchev–Trinajstić information content (AvgIpc) is 2.55. The van der Waals surface area contributed by atoms with E-state index in [0.29, 0.717) is 27.9 Å². The number of carboxylic acids is 1. The topological polar surface area (TPSA) is 59.4 Å². The van der Waals surface area contributed by atoms with E-state index in [1.165, 1.54) is 0 Å². The van der Waals surface area contributed by atoms with Crippen molar-refractivity contribution in [1.82, 2.24) is 4.98 Å². The minimum atomic E-state index is -0.874. The zero-order valence-electron chi connectivity index (χ0n) is 12.2. The van der Waals surface area contributed by atoms with Crippen molar-refractivity contribution in [1.29, 1.82) is 0 Å². The Hall–Kier alpha value is -2.04. The summed E-state index contributed by atoms with van der Waals surface area (Å²) < 4.78 is 5.38. The Morgan fingerprint density at radius 1 is 1.39 bits per heavy atom. The molecule has 1 N–H and O–H groups in total. The highest BCUT2D eigenvalue weighted by atomic mass is 35.5. The fourth-order valence-corrected chi connectivity index (χ4v) is 3.08. The van der Waals surface area contributed by atoms with Crippen LogP contribution in [0.3, 0.4) is 0 Å². The number of rotatable bonds is 3. The van der Waals surface area contributed by atoms with E-state index >= 15 is 0 Å². The number of ether oxygens (including phenoxy) is 1. The van der Waals surface area contributed by atoms with E-state index in [1.807, 2.05) is 6.07 Å². The van der Waals surface area contributed by atoms with Crippen LogP contribution < -0.4 is 4.74 Å². The molecule has 0 aliphatic heterocycles. The maximum absolute atomic E-state index is 11.3. The van der Waals surface area contributed by atoms with E-state index in [0.717, 1.165) is 16.7 Å². The molecule has 4 nitrogen and oxygen atoms in total. The first-order chi connectivity index (χ1) is 11.0. The van der Waals surface area contributed by atoms with Crippen molar-refractivity contribution in [3.8, 4) is 17.0 Å². The molecule has 118 valence electrons. The van der Waals surface area contributed by atoms with E-state index in [-0.39, 0.29) is 0 Å². The van der Waals surface area contributed by atoms with E-state index in [2.05, 4.69) is 4.98 Å². The molecule has 23 heavy (non-hydrogen) atoms. The summed E-state index contributed by atoms with van der Waals surface area (Å²) in [4.78, 5) is 15.7. The number of nitrogens with zero attached hydrogens (tertiary/aromatic N) is 1. The van der Waals surface area contributed by atoms with E-state index in [9.17, 15) is 9.90 Å². The fourth-order valence-electron chi connectivity index (χ4n) is 2.69. The Morgan fingerprint density at radius 2 is 2.17 bits per heavy atom. The van der Waals surface area contributed by atoms with Gasteiger partial charge in [-0.05, 0) is 35.7 Å². The predicted molar refractivity (Wildman–Crippen MR) is 90.1 cm³/mol. The molecule has 1 heterocycles. The predicted octanol–water partition coefficient (Wildman–Crippen LogP) is 4.33. The minimum absolute atomic E-state index is 0.329. The lowest BCUT2D eigenvalue weighted by Crippen LogP contribution is -2.18. The first kappa shape index (κ1) is 15.8. The number of hydrogen-bond donors (Lipinski definition) is 1. The zero-order chi connectivity index (χ0) is 16.6. The molecule has 1 aliphatic carbocycles. The summed E-state index contributed by atoms with van der Waals surface area (Å²) in [5.41, 5.74) is 3.01. The molecule has 0 saturated heterocycles. The van der Waals surface area contributed by atoms with Gasteiger partial charge in [0.25, 0.3) is 0 Å². The number of fused-ring (bicyclic) bond motifs is 1. The Bertz CT molecular complexity index is 818. The van der Waals surface area contributed by atoms with Crippen LogP contribution in [0.1, 0.15) is 11.1 Å². The lowest BCUT2D eigenvalue weighted by atomic mass is 9.87. The molecule has 0 saturated carbocycles. The summed E-state index contributed by atoms with van der Waals surface area (Å²) in [5, 5.41) is 10.3. The van der Waals surface area contributed by atoms with Gasteiger partial charge < -0.3 is 9.84 Å². The van der Waals surface area contributed by atoms with Gasteiger partial charge in [0.05, 0.1) is 23.7 Å².